The topological polar surface area (TPSA) is 137 Å². The molecule has 0 amide bonds. The van der Waals surface area contributed by atoms with Crippen molar-refractivity contribution in [1.82, 2.24) is 4.98 Å². The number of hydrogen-bond acceptors (Lipinski definition) is 6. The lowest BCUT2D eigenvalue weighted by atomic mass is 10.2. The fourth-order valence-corrected chi connectivity index (χ4v) is 4.42. The molecular weight excluding hydrogens is 467 g/mol. The molecule has 1 saturated heterocycles. The molecule has 13 heteroatoms. The van der Waals surface area contributed by atoms with Gasteiger partial charge >= 0.3 is 18.1 Å². The molecule has 0 atom stereocenters. The number of anilines is 2. The minimum absolute atomic E-state index is 0.00673. The molecule has 1 aliphatic heterocycles. The third kappa shape index (κ3) is 6.81. The van der Waals surface area contributed by atoms with Gasteiger partial charge in [-0.3, -0.25) is 4.72 Å². The second-order valence-electron chi connectivity index (χ2n) is 7.27. The van der Waals surface area contributed by atoms with Gasteiger partial charge in [-0.15, -0.1) is 0 Å². The normalized spacial score (nSPS) is 13.8. The summed E-state index contributed by atoms with van der Waals surface area (Å²) in [5, 5.41) is 16.6. The van der Waals surface area contributed by atoms with E-state index in [4.69, 9.17) is 9.90 Å². The maximum atomic E-state index is 12.7. The SMILES string of the molecule is Cc1ccc(S(=O)(=O)Nc2cnc(N3CCCC3)c(C(=O)O)c2)c(C)c1.O=C(O)C(F)(F)F. The first-order chi connectivity index (χ1) is 15.2. The quantitative estimate of drug-likeness (QED) is 0.581. The van der Waals surface area contributed by atoms with Crippen LogP contribution in [-0.2, 0) is 14.8 Å². The van der Waals surface area contributed by atoms with Crippen molar-refractivity contribution < 1.29 is 41.4 Å². The Bertz CT molecular complexity index is 1150. The van der Waals surface area contributed by atoms with Gasteiger partial charge in [0.25, 0.3) is 10.0 Å². The minimum Gasteiger partial charge on any atom is -0.478 e. The molecule has 33 heavy (non-hydrogen) atoms. The molecule has 2 heterocycles. The van der Waals surface area contributed by atoms with Crippen molar-refractivity contribution in [3.8, 4) is 0 Å². The number of aromatic nitrogens is 1. The van der Waals surface area contributed by atoms with Crippen LogP contribution >= 0.6 is 0 Å². The van der Waals surface area contributed by atoms with Crippen LogP contribution in [0.5, 0.6) is 0 Å². The molecule has 1 fully saturated rings. The monoisotopic (exact) mass is 489 g/mol. The first kappa shape index (κ1) is 25.9. The Balaban J connectivity index is 0.000000479. The number of alkyl halides is 3. The Morgan fingerprint density at radius 2 is 1.67 bits per heavy atom. The molecule has 9 nitrogen and oxygen atoms in total. The van der Waals surface area contributed by atoms with E-state index in [0.29, 0.717) is 11.4 Å². The molecule has 0 aliphatic carbocycles. The summed E-state index contributed by atoms with van der Waals surface area (Å²) < 4.78 is 59.5. The van der Waals surface area contributed by atoms with E-state index in [1.807, 2.05) is 11.8 Å². The number of carbonyl (C=O) groups is 2. The van der Waals surface area contributed by atoms with Gasteiger partial charge in [0.1, 0.15) is 11.4 Å². The van der Waals surface area contributed by atoms with Gasteiger partial charge in [0.15, 0.2) is 0 Å². The average molecular weight is 489 g/mol. The van der Waals surface area contributed by atoms with E-state index in [1.54, 1.807) is 19.1 Å². The number of nitrogens with zero attached hydrogens (tertiary/aromatic N) is 2. The van der Waals surface area contributed by atoms with Crippen molar-refractivity contribution in [2.24, 2.45) is 0 Å². The van der Waals surface area contributed by atoms with Crippen LogP contribution in [0.2, 0.25) is 0 Å². The van der Waals surface area contributed by atoms with E-state index < -0.39 is 28.1 Å². The number of sulfonamides is 1. The summed E-state index contributed by atoms with van der Waals surface area (Å²) in [6.45, 7) is 5.11. The van der Waals surface area contributed by atoms with Crippen LogP contribution in [0.3, 0.4) is 0 Å². The van der Waals surface area contributed by atoms with Gasteiger partial charge in [-0.25, -0.2) is 23.0 Å². The molecule has 180 valence electrons. The number of carboxylic acid groups (broad SMARTS) is 2. The zero-order valence-electron chi connectivity index (χ0n) is 17.7. The number of halogens is 3. The van der Waals surface area contributed by atoms with Gasteiger partial charge in [-0.05, 0) is 44.4 Å². The smallest absolute Gasteiger partial charge is 0.478 e. The Morgan fingerprint density at radius 3 is 2.15 bits per heavy atom. The molecular formula is C20H22F3N3O6S. The third-order valence-corrected chi connectivity index (χ3v) is 6.16. The highest BCUT2D eigenvalue weighted by Gasteiger charge is 2.38. The molecule has 0 radical (unpaired) electrons. The molecule has 0 spiro atoms. The van der Waals surface area contributed by atoms with Gasteiger partial charge in [-0.2, -0.15) is 13.2 Å². The van der Waals surface area contributed by atoms with E-state index in [-0.39, 0.29) is 16.1 Å². The van der Waals surface area contributed by atoms with E-state index in [1.165, 1.54) is 18.3 Å². The van der Waals surface area contributed by atoms with Gasteiger partial charge in [-0.1, -0.05) is 17.7 Å². The molecule has 1 aromatic heterocycles. The predicted molar refractivity (Wildman–Crippen MR) is 113 cm³/mol. The van der Waals surface area contributed by atoms with Crippen molar-refractivity contribution in [2.45, 2.75) is 37.8 Å². The zero-order chi connectivity index (χ0) is 25.0. The summed E-state index contributed by atoms with van der Waals surface area (Å²) in [6.07, 6.45) is -1.75. The van der Waals surface area contributed by atoms with Crippen molar-refractivity contribution in [3.63, 3.8) is 0 Å². The Hall–Kier alpha value is -3.35. The first-order valence-corrected chi connectivity index (χ1v) is 11.1. The summed E-state index contributed by atoms with van der Waals surface area (Å²) in [5.41, 5.74) is 1.71. The van der Waals surface area contributed by atoms with Gasteiger partial charge < -0.3 is 15.1 Å². The fraction of sp³-hybridized carbons (Fsp3) is 0.350. The van der Waals surface area contributed by atoms with E-state index >= 15 is 0 Å². The average Bonchev–Trinajstić information content (AvgIpc) is 3.21. The molecule has 1 aliphatic rings. The standard InChI is InChI=1S/C18H21N3O4S.C2HF3O2/c1-12-5-6-16(13(2)9-12)26(24,25)20-14-10-15(18(22)23)17(19-11-14)21-7-3-4-8-21;3-2(4,5)1(6)7/h5-6,9-11,20H,3-4,7-8H2,1-2H3,(H,22,23);(H,6,7). The maximum absolute atomic E-state index is 12.7. The summed E-state index contributed by atoms with van der Waals surface area (Å²) in [5.74, 6) is -3.51. The number of carboxylic acids is 2. The number of nitrogens with one attached hydrogen (secondary N) is 1. The fourth-order valence-electron chi connectivity index (χ4n) is 3.16. The largest absolute Gasteiger partial charge is 0.490 e. The number of rotatable bonds is 5. The molecule has 1 aromatic carbocycles. The lowest BCUT2D eigenvalue weighted by molar-refractivity contribution is -0.192. The number of aromatic carboxylic acids is 1. The van der Waals surface area contributed by atoms with Crippen LogP contribution in [0.1, 0.15) is 34.3 Å². The predicted octanol–water partition coefficient (Wildman–Crippen LogP) is 3.43. The number of aliphatic carboxylic acids is 1. The van der Waals surface area contributed by atoms with Crippen molar-refractivity contribution in [1.29, 1.82) is 0 Å². The summed E-state index contributed by atoms with van der Waals surface area (Å²) in [7, 11) is -3.83. The summed E-state index contributed by atoms with van der Waals surface area (Å²) >= 11 is 0. The molecule has 2 aromatic rings. The number of pyridine rings is 1. The zero-order valence-corrected chi connectivity index (χ0v) is 18.5. The van der Waals surface area contributed by atoms with Crippen LogP contribution in [0, 0.1) is 13.8 Å². The van der Waals surface area contributed by atoms with Crippen LogP contribution in [0.4, 0.5) is 24.7 Å². The molecule has 0 unspecified atom stereocenters. The molecule has 3 rings (SSSR count). The van der Waals surface area contributed by atoms with Crippen LogP contribution in [0.25, 0.3) is 0 Å². The summed E-state index contributed by atoms with van der Waals surface area (Å²) in [4.78, 5) is 26.8. The highest BCUT2D eigenvalue weighted by Crippen LogP contribution is 2.26. The third-order valence-electron chi connectivity index (χ3n) is 4.62. The highest BCUT2D eigenvalue weighted by atomic mass is 32.2. The molecule has 0 saturated carbocycles. The van der Waals surface area contributed by atoms with Crippen LogP contribution < -0.4 is 9.62 Å². The molecule has 0 bridgehead atoms. The highest BCUT2D eigenvalue weighted by molar-refractivity contribution is 7.92. The van der Waals surface area contributed by atoms with E-state index in [2.05, 4.69) is 9.71 Å². The second kappa shape index (κ2) is 10.1. The second-order valence-corrected chi connectivity index (χ2v) is 8.92. The van der Waals surface area contributed by atoms with Crippen LogP contribution in [-0.4, -0.2) is 54.8 Å². The lowest BCUT2D eigenvalue weighted by Gasteiger charge is -2.19. The van der Waals surface area contributed by atoms with Crippen molar-refractivity contribution >= 4 is 33.5 Å². The molecule has 3 N–H and O–H groups in total. The van der Waals surface area contributed by atoms with E-state index in [0.717, 1.165) is 31.5 Å². The lowest BCUT2D eigenvalue weighted by Crippen LogP contribution is -2.22. The first-order valence-electron chi connectivity index (χ1n) is 9.61. The van der Waals surface area contributed by atoms with E-state index in [9.17, 15) is 31.5 Å². The van der Waals surface area contributed by atoms with Gasteiger partial charge in [0.2, 0.25) is 0 Å². The van der Waals surface area contributed by atoms with Gasteiger partial charge in [0.05, 0.1) is 16.8 Å². The van der Waals surface area contributed by atoms with Gasteiger partial charge in [0, 0.05) is 13.1 Å². The maximum Gasteiger partial charge on any atom is 0.490 e. The van der Waals surface area contributed by atoms with Crippen molar-refractivity contribution in [2.75, 3.05) is 22.7 Å². The Morgan fingerprint density at radius 1 is 1.09 bits per heavy atom. The minimum atomic E-state index is -5.08. The Labute approximate surface area is 187 Å². The summed E-state index contributed by atoms with van der Waals surface area (Å²) in [6, 6.07) is 6.37. The number of hydrogen-bond donors (Lipinski definition) is 3. The number of benzene rings is 1. The Kier molecular flexibility index (Phi) is 7.90. The number of aryl methyl sites for hydroxylation is 2. The van der Waals surface area contributed by atoms with Crippen LogP contribution in [0.15, 0.2) is 35.4 Å². The van der Waals surface area contributed by atoms with Crippen molar-refractivity contribution in [3.05, 3.63) is 47.2 Å².